The molecule has 0 amide bonds. The van der Waals surface area contributed by atoms with Gasteiger partial charge in [-0.15, -0.1) is 0 Å². The molecule has 0 aliphatic carbocycles. The van der Waals surface area contributed by atoms with Crippen LogP contribution in [0.15, 0.2) is 21.1 Å². The molecule has 0 atom stereocenters. The molecule has 0 fully saturated rings. The number of thiol groups is 1. The zero-order valence-corrected chi connectivity index (χ0v) is 10.2. The topological polar surface area (TPSA) is 26.0 Å². The summed E-state index contributed by atoms with van der Waals surface area (Å²) in [4.78, 5) is 0. The molecular formula is C10H10BrNOS. The second-order valence-electron chi connectivity index (χ2n) is 3.23. The van der Waals surface area contributed by atoms with E-state index in [2.05, 4.69) is 46.7 Å². The van der Waals surface area contributed by atoms with Gasteiger partial charge >= 0.3 is 0 Å². The van der Waals surface area contributed by atoms with Crippen LogP contribution < -0.4 is 0 Å². The van der Waals surface area contributed by atoms with Gasteiger partial charge in [0.2, 0.25) is 0 Å². The molecule has 0 N–H and O–H groups in total. The first kappa shape index (κ1) is 10.1. The quantitative estimate of drug-likeness (QED) is 0.848. The first-order valence-electron chi connectivity index (χ1n) is 4.37. The monoisotopic (exact) mass is 271 g/mol. The third kappa shape index (κ3) is 1.68. The summed E-state index contributed by atoms with van der Waals surface area (Å²) in [5.41, 5.74) is 3.01. The van der Waals surface area contributed by atoms with Crippen molar-refractivity contribution >= 4 is 39.5 Å². The molecule has 14 heavy (non-hydrogen) atoms. The van der Waals surface area contributed by atoms with Crippen molar-refractivity contribution in [2.45, 2.75) is 13.3 Å². The van der Waals surface area contributed by atoms with E-state index in [4.69, 9.17) is 4.52 Å². The van der Waals surface area contributed by atoms with Crippen LogP contribution >= 0.6 is 28.6 Å². The Hall–Kier alpha value is -0.480. The Kier molecular flexibility index (Phi) is 2.83. The third-order valence-electron chi connectivity index (χ3n) is 2.09. The summed E-state index contributed by atoms with van der Waals surface area (Å²) in [6.45, 7) is 2.06. The Morgan fingerprint density at radius 3 is 3.00 bits per heavy atom. The van der Waals surface area contributed by atoms with Crippen LogP contribution in [0.4, 0.5) is 0 Å². The number of aromatic nitrogens is 1. The van der Waals surface area contributed by atoms with Gasteiger partial charge in [0.1, 0.15) is 0 Å². The van der Waals surface area contributed by atoms with Crippen LogP contribution in [0.2, 0.25) is 0 Å². The smallest absolute Gasteiger partial charge is 0.181 e. The molecule has 0 unspecified atom stereocenters. The highest BCUT2D eigenvalue weighted by Crippen LogP contribution is 2.28. The maximum absolute atomic E-state index is 5.26. The molecule has 0 aliphatic rings. The van der Waals surface area contributed by atoms with Crippen molar-refractivity contribution in [1.29, 1.82) is 0 Å². The molecule has 0 radical (unpaired) electrons. The van der Waals surface area contributed by atoms with E-state index < -0.39 is 0 Å². The third-order valence-corrected chi connectivity index (χ3v) is 2.91. The summed E-state index contributed by atoms with van der Waals surface area (Å²) in [5.74, 6) is 0.785. The molecule has 0 saturated carbocycles. The summed E-state index contributed by atoms with van der Waals surface area (Å²) in [6.07, 6.45) is 0.839. The average molecular weight is 272 g/mol. The predicted octanol–water partition coefficient (Wildman–Crippen LogP) is 3.37. The molecule has 4 heteroatoms. The minimum Gasteiger partial charge on any atom is -0.355 e. The van der Waals surface area contributed by atoms with E-state index in [-0.39, 0.29) is 0 Å². The lowest BCUT2D eigenvalue weighted by molar-refractivity contribution is 0.446. The Labute approximate surface area is 96.2 Å². The van der Waals surface area contributed by atoms with Gasteiger partial charge in [-0.05, 0) is 46.3 Å². The number of fused-ring (bicyclic) bond motifs is 1. The molecule has 0 saturated heterocycles. The minimum absolute atomic E-state index is 0.785. The van der Waals surface area contributed by atoms with Gasteiger partial charge in [0.25, 0.3) is 0 Å². The normalized spacial score (nSPS) is 11.1. The van der Waals surface area contributed by atoms with Gasteiger partial charge in [-0.25, -0.2) is 0 Å². The van der Waals surface area contributed by atoms with E-state index in [1.165, 1.54) is 5.56 Å². The number of rotatable bonds is 2. The summed E-state index contributed by atoms with van der Waals surface area (Å²) in [5, 5.41) is 5.12. The molecule has 74 valence electrons. The van der Waals surface area contributed by atoms with Gasteiger partial charge in [0, 0.05) is 11.8 Å². The van der Waals surface area contributed by atoms with Crippen molar-refractivity contribution in [3.05, 3.63) is 27.9 Å². The number of halogens is 1. The van der Waals surface area contributed by atoms with E-state index in [9.17, 15) is 0 Å². The van der Waals surface area contributed by atoms with Gasteiger partial charge < -0.3 is 4.52 Å². The second kappa shape index (κ2) is 3.95. The van der Waals surface area contributed by atoms with E-state index in [0.717, 1.165) is 33.3 Å². The first-order valence-corrected chi connectivity index (χ1v) is 5.80. The van der Waals surface area contributed by atoms with Gasteiger partial charge in [0.15, 0.2) is 5.58 Å². The van der Waals surface area contributed by atoms with Gasteiger partial charge in [-0.2, -0.15) is 12.6 Å². The van der Waals surface area contributed by atoms with Crippen molar-refractivity contribution in [1.82, 2.24) is 5.16 Å². The maximum atomic E-state index is 5.26. The summed E-state index contributed by atoms with van der Waals surface area (Å²) in [7, 11) is 0. The molecule has 1 heterocycles. The van der Waals surface area contributed by atoms with Crippen LogP contribution in [0.3, 0.4) is 0 Å². The molecule has 1 aromatic carbocycles. The fraction of sp³-hybridized carbons (Fsp3) is 0.300. The Morgan fingerprint density at radius 2 is 2.29 bits per heavy atom. The van der Waals surface area contributed by atoms with Crippen LogP contribution in [0, 0.1) is 6.92 Å². The lowest BCUT2D eigenvalue weighted by atomic mass is 10.1. The molecule has 1 aromatic heterocycles. The van der Waals surface area contributed by atoms with E-state index in [1.54, 1.807) is 0 Å². The molecule has 2 rings (SSSR count). The standard InChI is InChI=1S/C10H10BrNOS/c1-6-4-7-9(2-3-14)12-13-10(7)8(11)5-6/h4-5,14H,2-3H2,1H3. The fourth-order valence-corrected chi connectivity index (χ4v) is 2.33. The molecular weight excluding hydrogens is 262 g/mol. The summed E-state index contributed by atoms with van der Waals surface area (Å²) < 4.78 is 6.22. The van der Waals surface area contributed by atoms with Crippen molar-refractivity contribution in [3.63, 3.8) is 0 Å². The van der Waals surface area contributed by atoms with Gasteiger partial charge in [-0.3, -0.25) is 0 Å². The van der Waals surface area contributed by atoms with E-state index in [0.29, 0.717) is 0 Å². The molecule has 2 nitrogen and oxygen atoms in total. The SMILES string of the molecule is Cc1cc(Br)c2onc(CCS)c2c1. The van der Waals surface area contributed by atoms with Crippen molar-refractivity contribution < 1.29 is 4.52 Å². The Bertz CT molecular complexity index is 466. The molecule has 2 aromatic rings. The van der Waals surface area contributed by atoms with Crippen LogP contribution in [0.5, 0.6) is 0 Å². The largest absolute Gasteiger partial charge is 0.355 e. The number of benzene rings is 1. The number of nitrogens with zero attached hydrogens (tertiary/aromatic N) is 1. The zero-order valence-electron chi connectivity index (χ0n) is 7.75. The summed E-state index contributed by atoms with van der Waals surface area (Å²) in [6, 6.07) is 4.12. The Morgan fingerprint density at radius 1 is 1.50 bits per heavy atom. The Balaban J connectivity index is 2.66. The minimum atomic E-state index is 0.785. The zero-order chi connectivity index (χ0) is 10.1. The lowest BCUT2D eigenvalue weighted by Gasteiger charge is -1.96. The van der Waals surface area contributed by atoms with Gasteiger partial charge in [-0.1, -0.05) is 5.16 Å². The highest BCUT2D eigenvalue weighted by Gasteiger charge is 2.10. The van der Waals surface area contributed by atoms with Crippen molar-refractivity contribution in [2.24, 2.45) is 0 Å². The van der Waals surface area contributed by atoms with E-state index >= 15 is 0 Å². The highest BCUT2D eigenvalue weighted by atomic mass is 79.9. The van der Waals surface area contributed by atoms with Crippen molar-refractivity contribution in [3.8, 4) is 0 Å². The van der Waals surface area contributed by atoms with Crippen LogP contribution in [-0.2, 0) is 6.42 Å². The van der Waals surface area contributed by atoms with Crippen LogP contribution in [0.25, 0.3) is 11.0 Å². The van der Waals surface area contributed by atoms with Crippen LogP contribution in [0.1, 0.15) is 11.3 Å². The fourth-order valence-electron chi connectivity index (χ4n) is 1.47. The first-order chi connectivity index (χ1) is 6.72. The second-order valence-corrected chi connectivity index (χ2v) is 4.53. The molecule has 0 aliphatic heterocycles. The molecule has 0 spiro atoms. The predicted molar refractivity (Wildman–Crippen MR) is 64.0 cm³/mol. The lowest BCUT2D eigenvalue weighted by Crippen LogP contribution is -1.86. The maximum Gasteiger partial charge on any atom is 0.181 e. The number of aryl methyl sites for hydroxylation is 2. The highest BCUT2D eigenvalue weighted by molar-refractivity contribution is 9.10. The summed E-state index contributed by atoms with van der Waals surface area (Å²) >= 11 is 7.65. The van der Waals surface area contributed by atoms with Gasteiger partial charge in [0.05, 0.1) is 10.2 Å². The van der Waals surface area contributed by atoms with Crippen molar-refractivity contribution in [2.75, 3.05) is 5.75 Å². The average Bonchev–Trinajstić information content (AvgIpc) is 2.49. The number of hydrogen-bond donors (Lipinski definition) is 1. The van der Waals surface area contributed by atoms with E-state index in [1.807, 2.05) is 6.07 Å². The van der Waals surface area contributed by atoms with Crippen LogP contribution in [-0.4, -0.2) is 10.9 Å². The molecule has 0 bridgehead atoms. The number of hydrogen-bond acceptors (Lipinski definition) is 3.